The van der Waals surface area contributed by atoms with Gasteiger partial charge in [-0.05, 0) is 74.5 Å². The summed E-state index contributed by atoms with van der Waals surface area (Å²) in [5, 5.41) is 11.7. The summed E-state index contributed by atoms with van der Waals surface area (Å²) in [5.41, 5.74) is 1.15. The highest BCUT2D eigenvalue weighted by Crippen LogP contribution is 2.33. The van der Waals surface area contributed by atoms with Gasteiger partial charge in [0.2, 0.25) is 0 Å². The first-order valence-corrected chi connectivity index (χ1v) is 13.0. The van der Waals surface area contributed by atoms with Crippen LogP contribution in [0.25, 0.3) is 11.1 Å². The Morgan fingerprint density at radius 2 is 1.70 bits per heavy atom. The SMILES string of the molecule is CC1CN(C)CC(C)N1CCN(C(=O)Nc1ccc(F)c(C(F)(F)F)c1)c1ccc(-c2cccc(C#N)c2)cc1. The van der Waals surface area contributed by atoms with Gasteiger partial charge in [0.25, 0.3) is 0 Å². The van der Waals surface area contributed by atoms with Crippen molar-refractivity contribution in [2.24, 2.45) is 0 Å². The quantitative estimate of drug-likeness (QED) is 0.357. The minimum absolute atomic E-state index is 0.157. The molecule has 40 heavy (non-hydrogen) atoms. The topological polar surface area (TPSA) is 62.6 Å². The first-order valence-electron chi connectivity index (χ1n) is 13.0. The number of rotatable bonds is 6. The summed E-state index contributed by atoms with van der Waals surface area (Å²) >= 11 is 0. The summed E-state index contributed by atoms with van der Waals surface area (Å²) in [5.74, 6) is -1.41. The number of urea groups is 1. The molecular weight excluding hydrogens is 522 g/mol. The third-order valence-electron chi connectivity index (χ3n) is 7.14. The van der Waals surface area contributed by atoms with Gasteiger partial charge in [0.15, 0.2) is 0 Å². The highest BCUT2D eigenvalue weighted by atomic mass is 19.4. The van der Waals surface area contributed by atoms with Crippen molar-refractivity contribution >= 4 is 17.4 Å². The number of benzene rings is 3. The molecule has 2 unspecified atom stereocenters. The van der Waals surface area contributed by atoms with E-state index in [1.807, 2.05) is 18.2 Å². The van der Waals surface area contributed by atoms with Crippen molar-refractivity contribution in [3.63, 3.8) is 0 Å². The molecule has 3 aromatic carbocycles. The largest absolute Gasteiger partial charge is 0.419 e. The average Bonchev–Trinajstić information content (AvgIpc) is 2.91. The van der Waals surface area contributed by atoms with E-state index in [9.17, 15) is 27.6 Å². The van der Waals surface area contributed by atoms with Crippen molar-refractivity contribution in [1.29, 1.82) is 5.26 Å². The fourth-order valence-corrected chi connectivity index (χ4v) is 5.24. The number of nitrogens with one attached hydrogen (secondary N) is 1. The number of piperazine rings is 1. The maximum Gasteiger partial charge on any atom is 0.419 e. The molecule has 6 nitrogen and oxygen atoms in total. The molecule has 1 N–H and O–H groups in total. The van der Waals surface area contributed by atoms with Crippen LogP contribution in [0.15, 0.2) is 66.7 Å². The molecule has 1 aliphatic rings. The Balaban J connectivity index is 1.60. The molecule has 3 aromatic rings. The Bertz CT molecular complexity index is 1370. The van der Waals surface area contributed by atoms with Crippen LogP contribution in [0.3, 0.4) is 0 Å². The van der Waals surface area contributed by atoms with Gasteiger partial charge in [-0.25, -0.2) is 9.18 Å². The molecule has 1 saturated heterocycles. The predicted molar refractivity (Wildman–Crippen MR) is 147 cm³/mol. The van der Waals surface area contributed by atoms with Gasteiger partial charge < -0.3 is 10.2 Å². The second kappa shape index (κ2) is 12.1. The van der Waals surface area contributed by atoms with E-state index in [1.54, 1.807) is 30.3 Å². The predicted octanol–water partition coefficient (Wildman–Crippen LogP) is 6.45. The molecule has 2 atom stereocenters. The Labute approximate surface area is 231 Å². The summed E-state index contributed by atoms with van der Waals surface area (Å²) in [7, 11) is 2.07. The number of carbonyl (C=O) groups excluding carboxylic acids is 1. The second-order valence-corrected chi connectivity index (χ2v) is 10.2. The molecule has 0 aromatic heterocycles. The molecule has 210 valence electrons. The number of hydrogen-bond acceptors (Lipinski definition) is 4. The summed E-state index contributed by atoms with van der Waals surface area (Å²) in [6, 6.07) is 18.7. The Morgan fingerprint density at radius 3 is 2.33 bits per heavy atom. The number of carbonyl (C=O) groups is 1. The van der Waals surface area contributed by atoms with Crippen LogP contribution in [0, 0.1) is 17.1 Å². The number of hydrogen-bond donors (Lipinski definition) is 1. The zero-order valence-electron chi connectivity index (χ0n) is 22.5. The molecule has 4 rings (SSSR count). The van der Waals surface area contributed by atoms with Crippen LogP contribution in [0.4, 0.5) is 33.7 Å². The molecule has 2 amide bonds. The van der Waals surface area contributed by atoms with E-state index in [-0.39, 0.29) is 24.3 Å². The van der Waals surface area contributed by atoms with E-state index in [0.29, 0.717) is 29.9 Å². The molecule has 1 fully saturated rings. The molecule has 0 radical (unpaired) electrons. The van der Waals surface area contributed by atoms with Crippen molar-refractivity contribution in [2.75, 3.05) is 43.4 Å². The van der Waals surface area contributed by atoms with Gasteiger partial charge in [0.1, 0.15) is 5.82 Å². The molecule has 0 saturated carbocycles. The fourth-order valence-electron chi connectivity index (χ4n) is 5.24. The van der Waals surface area contributed by atoms with E-state index in [4.69, 9.17) is 0 Å². The maximum absolute atomic E-state index is 13.8. The molecule has 10 heteroatoms. The monoisotopic (exact) mass is 553 g/mol. The van der Waals surface area contributed by atoms with Crippen molar-refractivity contribution in [1.82, 2.24) is 9.80 Å². The van der Waals surface area contributed by atoms with Crippen molar-refractivity contribution < 1.29 is 22.4 Å². The van der Waals surface area contributed by atoms with Crippen LogP contribution in [0.1, 0.15) is 25.0 Å². The number of alkyl halides is 3. The summed E-state index contributed by atoms with van der Waals surface area (Å²) < 4.78 is 53.6. The van der Waals surface area contributed by atoms with Gasteiger partial charge in [0.05, 0.1) is 17.2 Å². The lowest BCUT2D eigenvalue weighted by Crippen LogP contribution is -2.57. The van der Waals surface area contributed by atoms with Gasteiger partial charge >= 0.3 is 12.2 Å². The molecule has 1 heterocycles. The van der Waals surface area contributed by atoms with Crippen molar-refractivity contribution in [3.05, 3.63) is 83.7 Å². The van der Waals surface area contributed by atoms with Crippen LogP contribution in [0.5, 0.6) is 0 Å². The highest BCUT2D eigenvalue weighted by molar-refractivity contribution is 6.02. The average molecular weight is 554 g/mol. The Hall–Kier alpha value is -3.94. The van der Waals surface area contributed by atoms with Gasteiger partial charge in [-0.1, -0.05) is 24.3 Å². The molecule has 0 spiro atoms. The highest BCUT2D eigenvalue weighted by Gasteiger charge is 2.34. The van der Waals surface area contributed by atoms with Crippen LogP contribution in [0.2, 0.25) is 0 Å². The van der Waals surface area contributed by atoms with E-state index in [1.165, 1.54) is 4.90 Å². The van der Waals surface area contributed by atoms with Crippen LogP contribution in [-0.4, -0.2) is 61.1 Å². The first kappa shape index (κ1) is 29.1. The fraction of sp³-hybridized carbons (Fsp3) is 0.333. The molecular formula is C30H31F4N5O. The lowest BCUT2D eigenvalue weighted by Gasteiger charge is -2.43. The van der Waals surface area contributed by atoms with Crippen LogP contribution >= 0.6 is 0 Å². The van der Waals surface area contributed by atoms with Crippen LogP contribution < -0.4 is 10.2 Å². The number of likely N-dealkylation sites (N-methyl/N-ethyl adjacent to an activating group) is 1. The van der Waals surface area contributed by atoms with Gasteiger partial charge in [-0.2, -0.15) is 18.4 Å². The standard InChI is InChI=1S/C30H31F4N5O/c1-20-18-37(3)19-21(2)38(20)13-14-39(29(40)36-25-9-12-28(31)27(16-25)30(32,33)34)26-10-7-23(8-11-26)24-6-4-5-22(15-24)17-35/h4-12,15-16,20-21H,13-14,18-19H2,1-3H3,(H,36,40). The maximum atomic E-state index is 13.8. The van der Waals surface area contributed by atoms with E-state index >= 15 is 0 Å². The smallest absolute Gasteiger partial charge is 0.308 e. The second-order valence-electron chi connectivity index (χ2n) is 10.2. The Kier molecular flexibility index (Phi) is 8.76. The minimum atomic E-state index is -4.89. The van der Waals surface area contributed by atoms with Crippen molar-refractivity contribution in [2.45, 2.75) is 32.1 Å². The summed E-state index contributed by atoms with van der Waals surface area (Å²) in [6.07, 6.45) is -4.89. The first-order chi connectivity index (χ1) is 19.0. The zero-order chi connectivity index (χ0) is 29.0. The van der Waals surface area contributed by atoms with Gasteiger partial charge in [-0.15, -0.1) is 0 Å². The van der Waals surface area contributed by atoms with E-state index in [0.717, 1.165) is 30.3 Å². The van der Waals surface area contributed by atoms with E-state index in [2.05, 4.69) is 42.1 Å². The molecule has 1 aliphatic heterocycles. The minimum Gasteiger partial charge on any atom is -0.308 e. The lowest BCUT2D eigenvalue weighted by molar-refractivity contribution is -0.139. The van der Waals surface area contributed by atoms with Crippen LogP contribution in [-0.2, 0) is 6.18 Å². The third kappa shape index (κ3) is 6.79. The zero-order valence-corrected chi connectivity index (χ0v) is 22.5. The van der Waals surface area contributed by atoms with Gasteiger partial charge in [-0.3, -0.25) is 9.80 Å². The Morgan fingerprint density at radius 1 is 1.02 bits per heavy atom. The number of nitrogens with zero attached hydrogens (tertiary/aromatic N) is 4. The number of amides is 2. The van der Waals surface area contributed by atoms with E-state index < -0.39 is 23.6 Å². The van der Waals surface area contributed by atoms with Gasteiger partial charge in [0, 0.05) is 49.6 Å². The number of anilines is 2. The number of halogens is 4. The summed E-state index contributed by atoms with van der Waals surface area (Å²) in [6.45, 7) is 6.83. The molecule has 0 bridgehead atoms. The number of nitriles is 1. The lowest BCUT2D eigenvalue weighted by atomic mass is 10.0. The third-order valence-corrected chi connectivity index (χ3v) is 7.14. The normalized spacial score (nSPS) is 18.2. The molecule has 0 aliphatic carbocycles. The van der Waals surface area contributed by atoms with Crippen molar-refractivity contribution in [3.8, 4) is 17.2 Å². The summed E-state index contributed by atoms with van der Waals surface area (Å²) in [4.78, 5) is 19.5.